The van der Waals surface area contributed by atoms with E-state index in [0.29, 0.717) is 36.2 Å². The number of aromatic nitrogens is 1. The van der Waals surface area contributed by atoms with Gasteiger partial charge in [0.05, 0.1) is 13.7 Å². The smallest absolute Gasteiger partial charge is 0.248 e. The number of ether oxygens (including phenoxy) is 2. The summed E-state index contributed by atoms with van der Waals surface area (Å²) in [6.07, 6.45) is 8.35. The van der Waals surface area contributed by atoms with E-state index in [9.17, 15) is 9.59 Å². The molecule has 0 aliphatic carbocycles. The first-order valence-electron chi connectivity index (χ1n) is 10.1. The van der Waals surface area contributed by atoms with E-state index in [1.807, 2.05) is 18.2 Å². The Kier molecular flexibility index (Phi) is 7.84. The summed E-state index contributed by atoms with van der Waals surface area (Å²) in [6, 6.07) is 5.08. The summed E-state index contributed by atoms with van der Waals surface area (Å²) in [5.74, 6) is 0.934. The van der Waals surface area contributed by atoms with Gasteiger partial charge < -0.3 is 19.7 Å². The van der Waals surface area contributed by atoms with Gasteiger partial charge in [-0.15, -0.1) is 11.3 Å². The van der Waals surface area contributed by atoms with Crippen LogP contribution in [0.25, 0.3) is 6.08 Å². The van der Waals surface area contributed by atoms with E-state index in [4.69, 9.17) is 9.47 Å². The molecule has 0 saturated carbocycles. The maximum Gasteiger partial charge on any atom is 0.248 e. The van der Waals surface area contributed by atoms with Gasteiger partial charge in [-0.3, -0.25) is 9.59 Å². The first-order valence-corrected chi connectivity index (χ1v) is 11.0. The van der Waals surface area contributed by atoms with Crippen LogP contribution in [0.15, 0.2) is 35.9 Å². The third-order valence-electron chi connectivity index (χ3n) is 4.86. The van der Waals surface area contributed by atoms with Crippen LogP contribution in [0.4, 0.5) is 5.13 Å². The monoisotopic (exact) mass is 429 g/mol. The Morgan fingerprint density at radius 2 is 2.23 bits per heavy atom. The van der Waals surface area contributed by atoms with Gasteiger partial charge in [0.15, 0.2) is 16.6 Å². The number of thiazole rings is 1. The molecule has 7 nitrogen and oxygen atoms in total. The fourth-order valence-electron chi connectivity index (χ4n) is 3.27. The molecule has 1 aromatic heterocycles. The molecule has 160 valence electrons. The van der Waals surface area contributed by atoms with Gasteiger partial charge in [-0.1, -0.05) is 19.4 Å². The topological polar surface area (TPSA) is 80.8 Å². The Balaban J connectivity index is 1.63. The van der Waals surface area contributed by atoms with Gasteiger partial charge in [-0.25, -0.2) is 4.98 Å². The summed E-state index contributed by atoms with van der Waals surface area (Å²) in [6.45, 7) is 3.31. The average molecular weight is 430 g/mol. The molecule has 0 bridgehead atoms. The number of anilines is 1. The number of methoxy groups -OCH3 is 1. The number of benzene rings is 1. The van der Waals surface area contributed by atoms with Crippen LogP contribution in [0, 0.1) is 0 Å². The van der Waals surface area contributed by atoms with Crippen molar-refractivity contribution >= 4 is 34.4 Å². The predicted molar refractivity (Wildman–Crippen MR) is 118 cm³/mol. The highest BCUT2D eigenvalue weighted by atomic mass is 32.1. The van der Waals surface area contributed by atoms with Gasteiger partial charge in [0, 0.05) is 24.2 Å². The Labute approximate surface area is 180 Å². The molecule has 0 radical (unpaired) electrons. The Bertz CT molecular complexity index is 883. The highest BCUT2D eigenvalue weighted by molar-refractivity contribution is 7.13. The summed E-state index contributed by atoms with van der Waals surface area (Å²) in [4.78, 5) is 30.9. The van der Waals surface area contributed by atoms with E-state index in [2.05, 4.69) is 17.2 Å². The molecule has 30 heavy (non-hydrogen) atoms. The lowest BCUT2D eigenvalue weighted by Crippen LogP contribution is -2.42. The highest BCUT2D eigenvalue weighted by Gasteiger charge is 2.33. The van der Waals surface area contributed by atoms with Gasteiger partial charge in [-0.2, -0.15) is 0 Å². The minimum atomic E-state index is -0.477. The molecule has 3 rings (SSSR count). The van der Waals surface area contributed by atoms with Crippen LogP contribution >= 0.6 is 11.3 Å². The van der Waals surface area contributed by atoms with Crippen LogP contribution in [-0.4, -0.2) is 48.0 Å². The quantitative estimate of drug-likeness (QED) is 0.482. The minimum absolute atomic E-state index is 0.186. The predicted octanol–water partition coefficient (Wildman–Crippen LogP) is 3.97. The number of hydrogen-bond donors (Lipinski definition) is 1. The van der Waals surface area contributed by atoms with Crippen molar-refractivity contribution in [1.82, 2.24) is 9.88 Å². The van der Waals surface area contributed by atoms with Gasteiger partial charge in [-0.05, 0) is 43.0 Å². The summed E-state index contributed by atoms with van der Waals surface area (Å²) in [5.41, 5.74) is 0.825. The molecule has 8 heteroatoms. The number of carbonyl (C=O) groups is 2. The van der Waals surface area contributed by atoms with Gasteiger partial charge in [0.1, 0.15) is 6.04 Å². The summed E-state index contributed by atoms with van der Waals surface area (Å²) in [5, 5.41) is 5.13. The third-order valence-corrected chi connectivity index (χ3v) is 5.55. The second-order valence-corrected chi connectivity index (χ2v) is 7.86. The van der Waals surface area contributed by atoms with E-state index < -0.39 is 6.04 Å². The molecule has 2 aromatic rings. The summed E-state index contributed by atoms with van der Waals surface area (Å²) in [7, 11) is 1.59. The van der Waals surface area contributed by atoms with Crippen molar-refractivity contribution in [1.29, 1.82) is 0 Å². The summed E-state index contributed by atoms with van der Waals surface area (Å²) >= 11 is 1.36. The summed E-state index contributed by atoms with van der Waals surface area (Å²) < 4.78 is 11.2. The fraction of sp³-hybridized carbons (Fsp3) is 0.409. The molecule has 2 heterocycles. The molecule has 2 amide bonds. The molecular formula is C22H27N3O4S. The minimum Gasteiger partial charge on any atom is -0.493 e. The number of nitrogens with zero attached hydrogens (tertiary/aromatic N) is 2. The van der Waals surface area contributed by atoms with E-state index in [0.717, 1.165) is 24.8 Å². The van der Waals surface area contributed by atoms with Crippen molar-refractivity contribution in [3.8, 4) is 11.5 Å². The number of amides is 2. The molecule has 1 N–H and O–H groups in total. The maximum absolute atomic E-state index is 12.7. The van der Waals surface area contributed by atoms with Gasteiger partial charge in [0.2, 0.25) is 11.8 Å². The molecule has 1 aromatic carbocycles. The Morgan fingerprint density at radius 3 is 2.97 bits per heavy atom. The van der Waals surface area contributed by atoms with Crippen molar-refractivity contribution in [3.05, 3.63) is 41.4 Å². The largest absolute Gasteiger partial charge is 0.493 e. The van der Waals surface area contributed by atoms with E-state index in [1.54, 1.807) is 29.7 Å². The molecule has 1 unspecified atom stereocenters. The van der Waals surface area contributed by atoms with Crippen LogP contribution in [-0.2, 0) is 9.59 Å². The van der Waals surface area contributed by atoms with Gasteiger partial charge >= 0.3 is 0 Å². The Morgan fingerprint density at radius 1 is 1.37 bits per heavy atom. The number of nitrogens with one attached hydrogen (secondary N) is 1. The zero-order valence-electron chi connectivity index (χ0n) is 17.3. The van der Waals surface area contributed by atoms with Crippen LogP contribution < -0.4 is 14.8 Å². The number of hydrogen-bond acceptors (Lipinski definition) is 6. The van der Waals surface area contributed by atoms with Crippen molar-refractivity contribution in [2.45, 2.75) is 38.6 Å². The normalized spacial score (nSPS) is 16.1. The lowest BCUT2D eigenvalue weighted by molar-refractivity contribution is -0.132. The molecule has 1 saturated heterocycles. The van der Waals surface area contributed by atoms with E-state index in [-0.39, 0.29) is 11.8 Å². The standard InChI is InChI=1S/C22H27N3O4S/c1-3-4-13-29-18-9-7-16(15-19(18)28-2)8-10-20(26)25-12-5-6-17(25)21(27)24-22-23-11-14-30-22/h7-11,14-15,17H,3-6,12-13H2,1-2H3,(H,23,24,27). The van der Waals surface area contributed by atoms with Gasteiger partial charge in [0.25, 0.3) is 0 Å². The molecule has 0 spiro atoms. The first kappa shape index (κ1) is 21.8. The second-order valence-electron chi connectivity index (χ2n) is 6.96. The van der Waals surface area contributed by atoms with Crippen LogP contribution in [0.5, 0.6) is 11.5 Å². The SMILES string of the molecule is CCCCOc1ccc(C=CC(=O)N2CCCC2C(=O)Nc2nccs2)cc1OC. The zero-order valence-corrected chi connectivity index (χ0v) is 18.1. The second kappa shape index (κ2) is 10.8. The first-order chi connectivity index (χ1) is 14.6. The molecule has 1 fully saturated rings. The van der Waals surface area contributed by atoms with Crippen LogP contribution in [0.1, 0.15) is 38.2 Å². The number of carbonyl (C=O) groups excluding carboxylic acids is 2. The van der Waals surface area contributed by atoms with Crippen molar-refractivity contribution in [3.63, 3.8) is 0 Å². The molecule has 1 atom stereocenters. The number of unbranched alkanes of at least 4 members (excludes halogenated alkanes) is 1. The number of rotatable bonds is 9. The van der Waals surface area contributed by atoms with E-state index >= 15 is 0 Å². The van der Waals surface area contributed by atoms with E-state index in [1.165, 1.54) is 17.4 Å². The molecular weight excluding hydrogens is 402 g/mol. The zero-order chi connectivity index (χ0) is 21.3. The fourth-order valence-corrected chi connectivity index (χ4v) is 3.81. The number of likely N-dealkylation sites (tertiary alicyclic amines) is 1. The van der Waals surface area contributed by atoms with Crippen molar-refractivity contribution in [2.24, 2.45) is 0 Å². The third kappa shape index (κ3) is 5.60. The maximum atomic E-state index is 12.7. The highest BCUT2D eigenvalue weighted by Crippen LogP contribution is 2.29. The van der Waals surface area contributed by atoms with Crippen molar-refractivity contribution in [2.75, 3.05) is 25.6 Å². The average Bonchev–Trinajstić information content (AvgIpc) is 3.44. The lowest BCUT2D eigenvalue weighted by Gasteiger charge is -2.22. The van der Waals surface area contributed by atoms with Crippen LogP contribution in [0.2, 0.25) is 0 Å². The Hall–Kier alpha value is -2.87. The molecule has 1 aliphatic heterocycles. The van der Waals surface area contributed by atoms with Crippen LogP contribution in [0.3, 0.4) is 0 Å². The van der Waals surface area contributed by atoms with Crippen molar-refractivity contribution < 1.29 is 19.1 Å². The molecule has 1 aliphatic rings. The lowest BCUT2D eigenvalue weighted by atomic mass is 10.1.